The standard InChI is InChI=1S/C12H8BrFN2/c13-12-6-10(14)4-3-9(12)8-16-5-1-2-11(16)7-15/h1-6H,8H2. The van der Waals surface area contributed by atoms with E-state index in [0.29, 0.717) is 16.7 Å². The van der Waals surface area contributed by atoms with E-state index in [9.17, 15) is 4.39 Å². The highest BCUT2D eigenvalue weighted by atomic mass is 79.9. The molecule has 4 heteroatoms. The van der Waals surface area contributed by atoms with Crippen LogP contribution in [0.15, 0.2) is 41.0 Å². The molecule has 0 bridgehead atoms. The Morgan fingerprint density at radius 3 is 2.88 bits per heavy atom. The van der Waals surface area contributed by atoms with Gasteiger partial charge in [-0.05, 0) is 29.8 Å². The Bertz CT molecular complexity index is 554. The normalized spacial score (nSPS) is 10.1. The molecular formula is C12H8BrFN2. The molecule has 0 amide bonds. The van der Waals surface area contributed by atoms with Gasteiger partial charge >= 0.3 is 0 Å². The summed E-state index contributed by atoms with van der Waals surface area (Å²) in [7, 11) is 0. The Labute approximate surface area is 101 Å². The van der Waals surface area contributed by atoms with Crippen molar-refractivity contribution in [2.75, 3.05) is 0 Å². The topological polar surface area (TPSA) is 28.7 Å². The van der Waals surface area contributed by atoms with E-state index in [2.05, 4.69) is 22.0 Å². The van der Waals surface area contributed by atoms with Crippen molar-refractivity contribution in [3.8, 4) is 6.07 Å². The second kappa shape index (κ2) is 4.50. The Hall–Kier alpha value is -1.60. The first-order valence-electron chi connectivity index (χ1n) is 4.70. The summed E-state index contributed by atoms with van der Waals surface area (Å²) < 4.78 is 15.4. The van der Waals surface area contributed by atoms with E-state index < -0.39 is 0 Å². The first kappa shape index (κ1) is 10.9. The molecule has 0 atom stereocenters. The maximum absolute atomic E-state index is 12.9. The molecule has 0 aliphatic heterocycles. The maximum Gasteiger partial charge on any atom is 0.124 e. The van der Waals surface area contributed by atoms with Crippen LogP contribution in [-0.4, -0.2) is 4.57 Å². The average molecular weight is 279 g/mol. The molecule has 0 aliphatic rings. The molecule has 0 saturated carbocycles. The quantitative estimate of drug-likeness (QED) is 0.829. The van der Waals surface area contributed by atoms with Crippen LogP contribution in [0.5, 0.6) is 0 Å². The first-order valence-corrected chi connectivity index (χ1v) is 5.49. The van der Waals surface area contributed by atoms with Gasteiger partial charge in [-0.2, -0.15) is 5.26 Å². The van der Waals surface area contributed by atoms with Crippen LogP contribution in [-0.2, 0) is 6.54 Å². The van der Waals surface area contributed by atoms with E-state index in [-0.39, 0.29) is 5.82 Å². The molecule has 0 aliphatic carbocycles. The molecule has 80 valence electrons. The summed E-state index contributed by atoms with van der Waals surface area (Å²) in [5, 5.41) is 8.86. The van der Waals surface area contributed by atoms with E-state index in [1.807, 2.05) is 16.8 Å². The third-order valence-electron chi connectivity index (χ3n) is 2.30. The molecular weight excluding hydrogens is 271 g/mol. The third-order valence-corrected chi connectivity index (χ3v) is 3.04. The summed E-state index contributed by atoms with van der Waals surface area (Å²) in [5.41, 5.74) is 1.53. The third kappa shape index (κ3) is 2.15. The van der Waals surface area contributed by atoms with Crippen LogP contribution in [0.4, 0.5) is 4.39 Å². The lowest BCUT2D eigenvalue weighted by Crippen LogP contribution is -2.01. The van der Waals surface area contributed by atoms with Crippen molar-refractivity contribution < 1.29 is 4.39 Å². The number of nitriles is 1. The second-order valence-corrected chi connectivity index (χ2v) is 4.22. The van der Waals surface area contributed by atoms with Crippen LogP contribution in [0.2, 0.25) is 0 Å². The highest BCUT2D eigenvalue weighted by Gasteiger charge is 2.04. The Morgan fingerprint density at radius 2 is 2.19 bits per heavy atom. The summed E-state index contributed by atoms with van der Waals surface area (Å²) in [6, 6.07) is 10.2. The van der Waals surface area contributed by atoms with Crippen LogP contribution in [0.25, 0.3) is 0 Å². The number of hydrogen-bond acceptors (Lipinski definition) is 1. The minimum Gasteiger partial charge on any atom is -0.335 e. The molecule has 0 N–H and O–H groups in total. The van der Waals surface area contributed by atoms with Crippen molar-refractivity contribution in [2.45, 2.75) is 6.54 Å². The molecule has 1 aromatic carbocycles. The lowest BCUT2D eigenvalue weighted by atomic mass is 10.2. The predicted octanol–water partition coefficient (Wildman–Crippen LogP) is 3.31. The summed E-state index contributed by atoms with van der Waals surface area (Å²) in [5.74, 6) is -0.274. The molecule has 0 radical (unpaired) electrons. The van der Waals surface area contributed by atoms with Gasteiger partial charge in [-0.25, -0.2) is 4.39 Å². The minimum absolute atomic E-state index is 0.274. The smallest absolute Gasteiger partial charge is 0.124 e. The lowest BCUT2D eigenvalue weighted by Gasteiger charge is -2.07. The van der Waals surface area contributed by atoms with Gasteiger partial charge in [-0.1, -0.05) is 22.0 Å². The van der Waals surface area contributed by atoms with Gasteiger partial charge in [-0.3, -0.25) is 0 Å². The summed E-state index contributed by atoms with van der Waals surface area (Å²) in [4.78, 5) is 0. The van der Waals surface area contributed by atoms with Crippen molar-refractivity contribution in [3.63, 3.8) is 0 Å². The molecule has 1 heterocycles. The molecule has 0 fully saturated rings. The van der Waals surface area contributed by atoms with Crippen LogP contribution < -0.4 is 0 Å². The maximum atomic E-state index is 12.9. The van der Waals surface area contributed by atoms with Crippen LogP contribution in [0, 0.1) is 17.1 Å². The predicted molar refractivity (Wildman–Crippen MR) is 62.3 cm³/mol. The van der Waals surface area contributed by atoms with Gasteiger partial charge in [0.1, 0.15) is 17.6 Å². The van der Waals surface area contributed by atoms with E-state index in [1.54, 1.807) is 12.1 Å². The van der Waals surface area contributed by atoms with Gasteiger partial charge in [0.05, 0.1) is 0 Å². The van der Waals surface area contributed by atoms with Crippen molar-refractivity contribution >= 4 is 15.9 Å². The fourth-order valence-electron chi connectivity index (χ4n) is 1.49. The van der Waals surface area contributed by atoms with E-state index in [4.69, 9.17) is 5.26 Å². The number of benzene rings is 1. The Morgan fingerprint density at radius 1 is 1.38 bits per heavy atom. The zero-order chi connectivity index (χ0) is 11.5. The zero-order valence-corrected chi connectivity index (χ0v) is 9.91. The second-order valence-electron chi connectivity index (χ2n) is 3.37. The van der Waals surface area contributed by atoms with Gasteiger partial charge in [0.15, 0.2) is 0 Å². The summed E-state index contributed by atoms with van der Waals surface area (Å²) in [6.45, 7) is 0.552. The van der Waals surface area contributed by atoms with Crippen molar-refractivity contribution in [3.05, 3.63) is 58.1 Å². The average Bonchev–Trinajstić information content (AvgIpc) is 2.69. The highest BCUT2D eigenvalue weighted by molar-refractivity contribution is 9.10. The minimum atomic E-state index is -0.274. The molecule has 2 rings (SSSR count). The molecule has 2 aromatic rings. The number of rotatable bonds is 2. The first-order chi connectivity index (χ1) is 7.70. The van der Waals surface area contributed by atoms with E-state index in [1.165, 1.54) is 12.1 Å². The fraction of sp³-hybridized carbons (Fsp3) is 0.0833. The molecule has 1 aromatic heterocycles. The van der Waals surface area contributed by atoms with E-state index >= 15 is 0 Å². The Kier molecular flexibility index (Phi) is 3.07. The molecule has 0 spiro atoms. The highest BCUT2D eigenvalue weighted by Crippen LogP contribution is 2.19. The van der Waals surface area contributed by atoms with E-state index in [0.717, 1.165) is 5.56 Å². The van der Waals surface area contributed by atoms with Gasteiger partial charge in [-0.15, -0.1) is 0 Å². The monoisotopic (exact) mass is 278 g/mol. The summed E-state index contributed by atoms with van der Waals surface area (Å²) >= 11 is 3.30. The largest absolute Gasteiger partial charge is 0.335 e. The SMILES string of the molecule is N#Cc1cccn1Cc1ccc(F)cc1Br. The Balaban J connectivity index is 2.31. The molecule has 2 nitrogen and oxygen atoms in total. The van der Waals surface area contributed by atoms with Gasteiger partial charge in [0, 0.05) is 17.2 Å². The fourth-order valence-corrected chi connectivity index (χ4v) is 1.96. The number of nitrogens with zero attached hydrogens (tertiary/aromatic N) is 2. The number of aromatic nitrogens is 1. The van der Waals surface area contributed by atoms with Crippen LogP contribution in [0.3, 0.4) is 0 Å². The van der Waals surface area contributed by atoms with Crippen molar-refractivity contribution in [2.24, 2.45) is 0 Å². The van der Waals surface area contributed by atoms with Gasteiger partial charge < -0.3 is 4.57 Å². The van der Waals surface area contributed by atoms with Gasteiger partial charge in [0.25, 0.3) is 0 Å². The van der Waals surface area contributed by atoms with Crippen molar-refractivity contribution in [1.29, 1.82) is 5.26 Å². The molecule has 0 unspecified atom stereocenters. The zero-order valence-electron chi connectivity index (χ0n) is 8.32. The van der Waals surface area contributed by atoms with Gasteiger partial charge in [0.2, 0.25) is 0 Å². The lowest BCUT2D eigenvalue weighted by molar-refractivity contribution is 0.625. The molecule has 16 heavy (non-hydrogen) atoms. The number of hydrogen-bond donors (Lipinski definition) is 0. The molecule has 0 saturated heterocycles. The van der Waals surface area contributed by atoms with Crippen LogP contribution in [0.1, 0.15) is 11.3 Å². The number of halogens is 2. The van der Waals surface area contributed by atoms with Crippen molar-refractivity contribution in [1.82, 2.24) is 4.57 Å². The van der Waals surface area contributed by atoms with Crippen LogP contribution >= 0.6 is 15.9 Å². The summed E-state index contributed by atoms with van der Waals surface area (Å²) in [6.07, 6.45) is 1.83.